The minimum atomic E-state index is 0.201. The van der Waals surface area contributed by atoms with Crippen molar-refractivity contribution in [1.29, 1.82) is 0 Å². The molecule has 2 nitrogen and oxygen atoms in total. The third-order valence-electron chi connectivity index (χ3n) is 5.93. The Morgan fingerprint density at radius 2 is 1.81 bits per heavy atom. The van der Waals surface area contributed by atoms with Crippen molar-refractivity contribution in [3.05, 3.63) is 58.7 Å². The molecular weight excluding hydrogens is 316 g/mol. The van der Waals surface area contributed by atoms with Gasteiger partial charge in [-0.05, 0) is 85.5 Å². The maximum absolute atomic E-state index is 4.72. The van der Waals surface area contributed by atoms with Gasteiger partial charge in [-0.25, -0.2) is 0 Å². The molecule has 1 aliphatic rings. The molecule has 0 bridgehead atoms. The number of benzene rings is 2. The minimum absolute atomic E-state index is 0.201. The maximum atomic E-state index is 4.72. The second-order valence-electron chi connectivity index (χ2n) is 8.75. The lowest BCUT2D eigenvalue weighted by Crippen LogP contribution is -2.45. The summed E-state index contributed by atoms with van der Waals surface area (Å²) in [6.07, 6.45) is 3.19. The van der Waals surface area contributed by atoms with E-state index in [1.807, 2.05) is 6.21 Å². The number of aliphatic imine (C=N–C) groups is 1. The zero-order valence-electron chi connectivity index (χ0n) is 17.3. The molecule has 2 aromatic carbocycles. The van der Waals surface area contributed by atoms with Gasteiger partial charge < -0.3 is 4.90 Å². The first-order valence-electron chi connectivity index (χ1n) is 9.71. The van der Waals surface area contributed by atoms with Gasteiger partial charge in [0.05, 0.1) is 5.69 Å². The van der Waals surface area contributed by atoms with E-state index in [1.54, 1.807) is 0 Å². The number of hydrogen-bond acceptors (Lipinski definition) is 2. The van der Waals surface area contributed by atoms with Gasteiger partial charge in [0.2, 0.25) is 0 Å². The third kappa shape index (κ3) is 3.56. The van der Waals surface area contributed by atoms with E-state index in [0.29, 0.717) is 11.8 Å². The first kappa shape index (κ1) is 18.7. The van der Waals surface area contributed by atoms with E-state index in [4.69, 9.17) is 4.99 Å². The van der Waals surface area contributed by atoms with Gasteiger partial charge in [0.15, 0.2) is 0 Å². The molecule has 0 unspecified atom stereocenters. The lowest BCUT2D eigenvalue weighted by Gasteiger charge is -2.45. The molecule has 0 radical (unpaired) electrons. The van der Waals surface area contributed by atoms with Gasteiger partial charge in [0.25, 0.3) is 0 Å². The Morgan fingerprint density at radius 1 is 1.15 bits per heavy atom. The van der Waals surface area contributed by atoms with Crippen LogP contribution in [0.3, 0.4) is 0 Å². The molecule has 2 aromatic rings. The van der Waals surface area contributed by atoms with E-state index >= 15 is 0 Å². The van der Waals surface area contributed by atoms with E-state index in [-0.39, 0.29) is 5.54 Å². The number of fused-ring (bicyclic) bond motifs is 1. The first-order chi connectivity index (χ1) is 12.2. The van der Waals surface area contributed by atoms with Gasteiger partial charge in [-0.1, -0.05) is 32.9 Å². The fourth-order valence-corrected chi connectivity index (χ4v) is 3.96. The van der Waals surface area contributed by atoms with Gasteiger partial charge in [-0.15, -0.1) is 0 Å². The topological polar surface area (TPSA) is 15.6 Å². The predicted octanol–water partition coefficient (Wildman–Crippen LogP) is 6.59. The second kappa shape index (κ2) is 6.90. The average Bonchev–Trinajstić information content (AvgIpc) is 2.58. The zero-order chi connectivity index (χ0) is 19.1. The molecule has 0 aliphatic carbocycles. The lowest BCUT2D eigenvalue weighted by atomic mass is 9.79. The quantitative estimate of drug-likeness (QED) is 0.571. The van der Waals surface area contributed by atoms with Crippen molar-refractivity contribution in [2.75, 3.05) is 11.9 Å². The summed E-state index contributed by atoms with van der Waals surface area (Å²) >= 11 is 0. The highest BCUT2D eigenvalue weighted by atomic mass is 15.2. The molecule has 0 spiro atoms. The summed E-state index contributed by atoms with van der Waals surface area (Å²) in [5, 5.41) is 0. The molecule has 26 heavy (non-hydrogen) atoms. The van der Waals surface area contributed by atoms with Crippen LogP contribution in [0.2, 0.25) is 0 Å². The largest absolute Gasteiger partial charge is 0.369 e. The lowest BCUT2D eigenvalue weighted by molar-refractivity contribution is 0.395. The number of rotatable bonds is 3. The standard InChI is InChI=1S/C24H32N2/c1-16(2)19-8-10-21(11-9-19)25-15-20-13-22-18(4)14-24(5,6)26(7)23(22)12-17(20)3/h8-13,15-16,18H,14H2,1-7H3/t18-/m0/s1. The van der Waals surface area contributed by atoms with Crippen LogP contribution in [0.25, 0.3) is 0 Å². The van der Waals surface area contributed by atoms with Crippen molar-refractivity contribution < 1.29 is 0 Å². The van der Waals surface area contributed by atoms with Gasteiger partial charge in [-0.2, -0.15) is 0 Å². The molecule has 1 atom stereocenters. The smallest absolute Gasteiger partial charge is 0.0630 e. The Bertz CT molecular complexity index is 813. The fraction of sp³-hybridized carbons (Fsp3) is 0.458. The molecule has 0 N–H and O–H groups in total. The molecule has 0 amide bonds. The van der Waals surface area contributed by atoms with Crippen LogP contribution < -0.4 is 4.90 Å². The molecule has 138 valence electrons. The molecule has 0 saturated carbocycles. The van der Waals surface area contributed by atoms with E-state index in [9.17, 15) is 0 Å². The highest BCUT2D eigenvalue weighted by molar-refractivity contribution is 5.86. The summed E-state index contributed by atoms with van der Waals surface area (Å²) in [6, 6.07) is 13.2. The molecule has 0 saturated heterocycles. The van der Waals surface area contributed by atoms with Crippen LogP contribution in [0.1, 0.15) is 75.1 Å². The fourth-order valence-electron chi connectivity index (χ4n) is 3.96. The molecule has 1 aliphatic heterocycles. The van der Waals surface area contributed by atoms with E-state index < -0.39 is 0 Å². The summed E-state index contributed by atoms with van der Waals surface area (Å²) in [6.45, 7) is 13.6. The van der Waals surface area contributed by atoms with Crippen LogP contribution in [-0.4, -0.2) is 18.8 Å². The predicted molar refractivity (Wildman–Crippen MR) is 114 cm³/mol. The number of hydrogen-bond donors (Lipinski definition) is 0. The molecular formula is C24H32N2. The Morgan fingerprint density at radius 3 is 2.42 bits per heavy atom. The van der Waals surface area contributed by atoms with Crippen LogP contribution in [0.15, 0.2) is 41.4 Å². The maximum Gasteiger partial charge on any atom is 0.0630 e. The normalized spacial score (nSPS) is 19.2. The summed E-state index contributed by atoms with van der Waals surface area (Å²) in [5.41, 5.74) is 7.87. The van der Waals surface area contributed by atoms with Crippen LogP contribution in [0.5, 0.6) is 0 Å². The van der Waals surface area contributed by atoms with Crippen LogP contribution >= 0.6 is 0 Å². The summed E-state index contributed by atoms with van der Waals surface area (Å²) in [5.74, 6) is 1.12. The van der Waals surface area contributed by atoms with Gasteiger partial charge in [-0.3, -0.25) is 4.99 Å². The minimum Gasteiger partial charge on any atom is -0.369 e. The van der Waals surface area contributed by atoms with E-state index in [1.165, 1.54) is 34.4 Å². The molecule has 1 heterocycles. The highest BCUT2D eigenvalue weighted by Crippen LogP contribution is 2.43. The zero-order valence-corrected chi connectivity index (χ0v) is 17.3. The monoisotopic (exact) mass is 348 g/mol. The number of anilines is 1. The van der Waals surface area contributed by atoms with Crippen molar-refractivity contribution in [1.82, 2.24) is 0 Å². The Hall–Kier alpha value is -2.09. The van der Waals surface area contributed by atoms with Crippen LogP contribution in [-0.2, 0) is 0 Å². The average molecular weight is 349 g/mol. The van der Waals surface area contributed by atoms with Crippen molar-refractivity contribution >= 4 is 17.6 Å². The molecule has 0 aromatic heterocycles. The summed E-state index contributed by atoms with van der Waals surface area (Å²) in [4.78, 5) is 7.15. The molecule has 2 heteroatoms. The Balaban J connectivity index is 1.91. The van der Waals surface area contributed by atoms with Crippen molar-refractivity contribution in [3.8, 4) is 0 Å². The van der Waals surface area contributed by atoms with Gasteiger partial charge in [0.1, 0.15) is 0 Å². The van der Waals surface area contributed by atoms with Crippen LogP contribution in [0.4, 0.5) is 11.4 Å². The van der Waals surface area contributed by atoms with Crippen LogP contribution in [0, 0.1) is 6.92 Å². The van der Waals surface area contributed by atoms with Crippen molar-refractivity contribution in [3.63, 3.8) is 0 Å². The highest BCUT2D eigenvalue weighted by Gasteiger charge is 2.34. The second-order valence-corrected chi connectivity index (χ2v) is 8.75. The van der Waals surface area contributed by atoms with Crippen molar-refractivity contribution in [2.24, 2.45) is 4.99 Å². The van der Waals surface area contributed by atoms with E-state index in [2.05, 4.69) is 89.9 Å². The number of nitrogens with zero attached hydrogens (tertiary/aromatic N) is 2. The Kier molecular flexibility index (Phi) is 4.96. The third-order valence-corrected chi connectivity index (χ3v) is 5.93. The first-order valence-corrected chi connectivity index (χ1v) is 9.71. The van der Waals surface area contributed by atoms with E-state index in [0.717, 1.165) is 5.69 Å². The summed E-state index contributed by atoms with van der Waals surface area (Å²) < 4.78 is 0. The Labute approximate surface area is 159 Å². The van der Waals surface area contributed by atoms with Gasteiger partial charge >= 0.3 is 0 Å². The SMILES string of the molecule is Cc1cc2c(cc1C=Nc1ccc(C(C)C)cc1)[C@@H](C)CC(C)(C)N2C. The number of aryl methyl sites for hydroxylation is 1. The van der Waals surface area contributed by atoms with Gasteiger partial charge in [0, 0.05) is 24.5 Å². The summed E-state index contributed by atoms with van der Waals surface area (Å²) in [7, 11) is 2.22. The van der Waals surface area contributed by atoms with Crippen molar-refractivity contribution in [2.45, 2.75) is 65.3 Å². The molecule has 3 rings (SSSR count). The molecule has 0 fully saturated rings.